The molecule has 1 aliphatic carbocycles. The van der Waals surface area contributed by atoms with Gasteiger partial charge < -0.3 is 10.1 Å². The monoisotopic (exact) mass is 432 g/mol. The first-order valence-corrected chi connectivity index (χ1v) is 11.4. The maximum atomic E-state index is 12.5. The lowest BCUT2D eigenvalue weighted by Gasteiger charge is -2.29. The summed E-state index contributed by atoms with van der Waals surface area (Å²) in [5.41, 5.74) is 2.19. The molecular formula is C21H28N4O4S. The second-order valence-corrected chi connectivity index (χ2v) is 9.96. The number of carbonyl (C=O) groups excluding carboxylic acids is 1. The molecule has 2 aromatic rings. The topological polar surface area (TPSA) is 101 Å². The summed E-state index contributed by atoms with van der Waals surface area (Å²) in [6, 6.07) is 8.37. The fourth-order valence-electron chi connectivity index (χ4n) is 3.48. The lowest BCUT2D eigenvalue weighted by molar-refractivity contribution is 0.0884. The molecule has 30 heavy (non-hydrogen) atoms. The second kappa shape index (κ2) is 9.09. The summed E-state index contributed by atoms with van der Waals surface area (Å²) in [7, 11) is -0.558. The van der Waals surface area contributed by atoms with Crippen LogP contribution < -0.4 is 10.1 Å². The third kappa shape index (κ3) is 5.34. The molecule has 0 saturated heterocycles. The lowest BCUT2D eigenvalue weighted by Crippen LogP contribution is -2.39. The van der Waals surface area contributed by atoms with Crippen LogP contribution in [0.2, 0.25) is 0 Å². The average molecular weight is 433 g/mol. The van der Waals surface area contributed by atoms with Crippen LogP contribution >= 0.6 is 0 Å². The first kappa shape index (κ1) is 22.2. The Hall–Kier alpha value is -2.52. The summed E-state index contributed by atoms with van der Waals surface area (Å²) in [5.74, 6) is -0.203. The predicted molar refractivity (Wildman–Crippen MR) is 113 cm³/mol. The first-order valence-electron chi connectivity index (χ1n) is 9.97. The molecule has 1 fully saturated rings. The van der Waals surface area contributed by atoms with E-state index in [-0.39, 0.29) is 22.9 Å². The predicted octanol–water partition coefficient (Wildman–Crippen LogP) is 2.46. The van der Waals surface area contributed by atoms with Gasteiger partial charge in [0.15, 0.2) is 0 Å². The summed E-state index contributed by atoms with van der Waals surface area (Å²) >= 11 is 0. The summed E-state index contributed by atoms with van der Waals surface area (Å²) < 4.78 is 31.3. The Morgan fingerprint density at radius 2 is 1.60 bits per heavy atom. The molecule has 1 aliphatic rings. The average Bonchev–Trinajstić information content (AvgIpc) is 2.68. The van der Waals surface area contributed by atoms with Gasteiger partial charge in [0.25, 0.3) is 5.91 Å². The van der Waals surface area contributed by atoms with Crippen molar-refractivity contribution >= 4 is 15.9 Å². The molecule has 0 aliphatic heterocycles. The van der Waals surface area contributed by atoms with Crippen LogP contribution in [0.25, 0.3) is 0 Å². The highest BCUT2D eigenvalue weighted by Crippen LogP contribution is 2.23. The van der Waals surface area contributed by atoms with Gasteiger partial charge in [-0.2, -0.15) is 0 Å². The van der Waals surface area contributed by atoms with Gasteiger partial charge in [0.2, 0.25) is 10.0 Å². The quantitative estimate of drug-likeness (QED) is 0.752. The molecule has 0 bridgehead atoms. The fraction of sp³-hybridized carbons (Fsp3) is 0.476. The number of carbonyl (C=O) groups is 1. The third-order valence-corrected chi connectivity index (χ3v) is 6.97. The Morgan fingerprint density at radius 3 is 2.13 bits per heavy atom. The van der Waals surface area contributed by atoms with Crippen LogP contribution in [0.5, 0.6) is 6.01 Å². The Kier molecular flexibility index (Phi) is 6.72. The summed E-state index contributed by atoms with van der Waals surface area (Å²) in [5, 5.41) is 3.03. The molecule has 1 saturated carbocycles. The van der Waals surface area contributed by atoms with Crippen LogP contribution in [0, 0.1) is 13.8 Å². The van der Waals surface area contributed by atoms with Gasteiger partial charge in [0.05, 0.1) is 4.90 Å². The van der Waals surface area contributed by atoms with Gasteiger partial charge in [-0.1, -0.05) is 0 Å². The minimum atomic E-state index is -3.51. The van der Waals surface area contributed by atoms with Crippen molar-refractivity contribution < 1.29 is 17.9 Å². The number of nitrogens with one attached hydrogen (secondary N) is 1. The van der Waals surface area contributed by atoms with Crippen molar-refractivity contribution in [1.29, 1.82) is 0 Å². The summed E-state index contributed by atoms with van der Waals surface area (Å²) in [6.45, 7) is 3.83. The lowest BCUT2D eigenvalue weighted by atomic mass is 9.92. The molecule has 3 rings (SSSR count). The van der Waals surface area contributed by atoms with E-state index in [1.54, 1.807) is 0 Å². The van der Waals surface area contributed by atoms with Gasteiger partial charge in [-0.05, 0) is 69.9 Å². The molecule has 1 N–H and O–H groups in total. The van der Waals surface area contributed by atoms with Crippen molar-refractivity contribution in [3.8, 4) is 6.01 Å². The van der Waals surface area contributed by atoms with E-state index in [4.69, 9.17) is 4.74 Å². The first-order chi connectivity index (χ1) is 14.1. The molecule has 0 spiro atoms. The third-order valence-electron chi connectivity index (χ3n) is 5.14. The van der Waals surface area contributed by atoms with Crippen molar-refractivity contribution in [3.05, 3.63) is 47.3 Å². The van der Waals surface area contributed by atoms with Crippen molar-refractivity contribution in [1.82, 2.24) is 19.6 Å². The van der Waals surface area contributed by atoms with E-state index < -0.39 is 10.0 Å². The number of benzene rings is 1. The number of rotatable bonds is 6. The number of aromatic nitrogens is 2. The normalized spacial score (nSPS) is 19.5. The van der Waals surface area contributed by atoms with Crippen LogP contribution in [0.3, 0.4) is 0 Å². The Labute approximate surface area is 177 Å². The van der Waals surface area contributed by atoms with E-state index in [0.29, 0.717) is 11.6 Å². The standard InChI is InChI=1S/C21H28N4O4S/c1-14-13-15(2)23-21(22-14)29-18-9-7-17(8-10-18)24-20(26)16-5-11-19(12-6-16)30(27,28)25(3)4/h5-6,11-13,17-18H,7-10H2,1-4H3,(H,24,26). The molecule has 1 heterocycles. The van der Waals surface area contributed by atoms with Gasteiger partial charge >= 0.3 is 6.01 Å². The van der Waals surface area contributed by atoms with E-state index in [1.807, 2.05) is 19.9 Å². The van der Waals surface area contributed by atoms with Crippen molar-refractivity contribution in [2.24, 2.45) is 0 Å². The second-order valence-electron chi connectivity index (χ2n) is 7.81. The number of nitrogens with zero attached hydrogens (tertiary/aromatic N) is 3. The fourth-order valence-corrected chi connectivity index (χ4v) is 4.38. The van der Waals surface area contributed by atoms with E-state index in [1.165, 1.54) is 38.4 Å². The Bertz CT molecular complexity index is 978. The zero-order valence-electron chi connectivity index (χ0n) is 17.8. The molecule has 0 atom stereocenters. The highest BCUT2D eigenvalue weighted by Gasteiger charge is 2.25. The SMILES string of the molecule is Cc1cc(C)nc(OC2CCC(NC(=O)c3ccc(S(=O)(=O)N(C)C)cc3)CC2)n1. The highest BCUT2D eigenvalue weighted by atomic mass is 32.2. The number of ether oxygens (including phenoxy) is 1. The van der Waals surface area contributed by atoms with Crippen LogP contribution in [-0.2, 0) is 10.0 Å². The molecular weight excluding hydrogens is 404 g/mol. The molecule has 0 radical (unpaired) electrons. The number of amides is 1. The van der Waals surface area contributed by atoms with E-state index in [2.05, 4.69) is 15.3 Å². The van der Waals surface area contributed by atoms with E-state index >= 15 is 0 Å². The number of hydrogen-bond donors (Lipinski definition) is 1. The van der Waals surface area contributed by atoms with Gasteiger partial charge in [-0.25, -0.2) is 22.7 Å². The molecule has 162 valence electrons. The molecule has 1 aromatic carbocycles. The zero-order chi connectivity index (χ0) is 21.9. The highest BCUT2D eigenvalue weighted by molar-refractivity contribution is 7.89. The smallest absolute Gasteiger partial charge is 0.317 e. The minimum absolute atomic E-state index is 0.0369. The molecule has 8 nitrogen and oxygen atoms in total. The number of sulfonamides is 1. The van der Waals surface area contributed by atoms with E-state index in [0.717, 1.165) is 41.4 Å². The maximum Gasteiger partial charge on any atom is 0.317 e. The van der Waals surface area contributed by atoms with Crippen LogP contribution in [-0.4, -0.2) is 54.8 Å². The van der Waals surface area contributed by atoms with Crippen LogP contribution in [0.1, 0.15) is 47.4 Å². The molecule has 9 heteroatoms. The van der Waals surface area contributed by atoms with Crippen LogP contribution in [0.4, 0.5) is 0 Å². The minimum Gasteiger partial charge on any atom is -0.460 e. The van der Waals surface area contributed by atoms with Crippen molar-refractivity contribution in [2.45, 2.75) is 56.6 Å². The van der Waals surface area contributed by atoms with Gasteiger partial charge in [-0.3, -0.25) is 4.79 Å². The Balaban J connectivity index is 1.52. The molecule has 0 unspecified atom stereocenters. The Morgan fingerprint density at radius 1 is 1.03 bits per heavy atom. The molecule has 1 amide bonds. The largest absolute Gasteiger partial charge is 0.460 e. The molecule has 1 aromatic heterocycles. The zero-order valence-corrected chi connectivity index (χ0v) is 18.6. The van der Waals surface area contributed by atoms with Crippen LogP contribution in [0.15, 0.2) is 35.2 Å². The number of hydrogen-bond acceptors (Lipinski definition) is 6. The van der Waals surface area contributed by atoms with Gasteiger partial charge in [-0.15, -0.1) is 0 Å². The summed E-state index contributed by atoms with van der Waals surface area (Å²) in [6.07, 6.45) is 3.25. The van der Waals surface area contributed by atoms with Gasteiger partial charge in [0, 0.05) is 37.1 Å². The van der Waals surface area contributed by atoms with Crippen molar-refractivity contribution in [3.63, 3.8) is 0 Å². The summed E-state index contributed by atoms with van der Waals surface area (Å²) in [4.78, 5) is 21.3. The number of aryl methyl sites for hydroxylation is 2. The van der Waals surface area contributed by atoms with E-state index in [9.17, 15) is 13.2 Å². The maximum absolute atomic E-state index is 12.5. The van der Waals surface area contributed by atoms with Crippen molar-refractivity contribution in [2.75, 3.05) is 14.1 Å². The van der Waals surface area contributed by atoms with Gasteiger partial charge in [0.1, 0.15) is 6.10 Å².